The fraction of sp³-hybridized carbons (Fsp3) is 0.615. The van der Waals surface area contributed by atoms with Crippen molar-refractivity contribution in [2.24, 2.45) is 5.41 Å². The van der Waals surface area contributed by atoms with Gasteiger partial charge in [0.25, 0.3) is 5.91 Å². The maximum absolute atomic E-state index is 13.8. The Balaban J connectivity index is 2.56. The fourth-order valence-electron chi connectivity index (χ4n) is 2.43. The highest BCUT2D eigenvalue weighted by molar-refractivity contribution is 6.59. The van der Waals surface area contributed by atoms with E-state index in [1.165, 1.54) is 4.90 Å². The Kier molecular flexibility index (Phi) is 3.68. The average molecular weight is 345 g/mol. The molecule has 0 aromatic heterocycles. The Morgan fingerprint density at radius 3 is 2.05 bits per heavy atom. The average Bonchev–Trinajstić information content (AvgIpc) is 2.47. The van der Waals surface area contributed by atoms with Gasteiger partial charge in [0.1, 0.15) is 17.0 Å². The first-order valence-corrected chi connectivity index (χ1v) is 7.22. The van der Waals surface area contributed by atoms with E-state index in [4.69, 9.17) is 34.8 Å². The van der Waals surface area contributed by atoms with E-state index in [1.807, 2.05) is 0 Å². The summed E-state index contributed by atoms with van der Waals surface area (Å²) >= 11 is 17.8. The van der Waals surface area contributed by atoms with E-state index in [2.05, 4.69) is 0 Å². The smallest absolute Gasteiger partial charge is 0.260 e. The van der Waals surface area contributed by atoms with Crippen LogP contribution in [0, 0.1) is 5.41 Å². The van der Waals surface area contributed by atoms with Crippen molar-refractivity contribution in [3.8, 4) is 0 Å². The van der Waals surface area contributed by atoms with Crippen LogP contribution in [0.5, 0.6) is 0 Å². The SMILES string of the molecule is CC(C)(C)N1CC2(C=C(F)C(Cl)C(F)=C2)C(Cl)(Cl)C1=O. The molecule has 1 aliphatic carbocycles. The van der Waals surface area contributed by atoms with Crippen LogP contribution in [-0.2, 0) is 4.79 Å². The lowest BCUT2D eigenvalue weighted by molar-refractivity contribution is -0.132. The van der Waals surface area contributed by atoms with Crippen molar-refractivity contribution in [3.05, 3.63) is 23.8 Å². The largest absolute Gasteiger partial charge is 0.334 e. The summed E-state index contributed by atoms with van der Waals surface area (Å²) in [7, 11) is 0. The third kappa shape index (κ3) is 2.16. The van der Waals surface area contributed by atoms with Crippen LogP contribution in [0.1, 0.15) is 20.8 Å². The van der Waals surface area contributed by atoms with Gasteiger partial charge in [-0.05, 0) is 32.9 Å². The van der Waals surface area contributed by atoms with E-state index in [0.29, 0.717) is 0 Å². The highest BCUT2D eigenvalue weighted by Crippen LogP contribution is 2.55. The molecule has 0 bridgehead atoms. The molecule has 0 radical (unpaired) electrons. The lowest BCUT2D eigenvalue weighted by Gasteiger charge is -2.34. The molecule has 0 N–H and O–H groups in total. The second-order valence-corrected chi connectivity index (χ2v) is 7.86. The fourth-order valence-corrected chi connectivity index (χ4v) is 3.10. The van der Waals surface area contributed by atoms with E-state index < -0.39 is 38.2 Å². The molecule has 1 fully saturated rings. The monoisotopic (exact) mass is 343 g/mol. The van der Waals surface area contributed by atoms with Gasteiger partial charge in [-0.25, -0.2) is 8.78 Å². The molecular formula is C13H14Cl3F2NO. The van der Waals surface area contributed by atoms with Crippen molar-refractivity contribution in [2.75, 3.05) is 6.54 Å². The van der Waals surface area contributed by atoms with Gasteiger partial charge in [0.2, 0.25) is 4.33 Å². The molecule has 7 heteroatoms. The minimum Gasteiger partial charge on any atom is -0.334 e. The Hall–Kier alpha value is -0.320. The number of hydrogen-bond donors (Lipinski definition) is 0. The van der Waals surface area contributed by atoms with Gasteiger partial charge in [0, 0.05) is 12.1 Å². The summed E-state index contributed by atoms with van der Waals surface area (Å²) in [5, 5.41) is -1.48. The molecule has 20 heavy (non-hydrogen) atoms. The molecule has 0 saturated carbocycles. The summed E-state index contributed by atoms with van der Waals surface area (Å²) in [6, 6.07) is 0. The summed E-state index contributed by atoms with van der Waals surface area (Å²) < 4.78 is 25.7. The van der Waals surface area contributed by atoms with Gasteiger partial charge in [-0.3, -0.25) is 4.79 Å². The highest BCUT2D eigenvalue weighted by Gasteiger charge is 2.63. The summed E-state index contributed by atoms with van der Waals surface area (Å²) in [4.78, 5) is 13.8. The zero-order valence-corrected chi connectivity index (χ0v) is 13.5. The quantitative estimate of drug-likeness (QED) is 0.605. The summed E-state index contributed by atoms with van der Waals surface area (Å²) in [6.45, 7) is 5.37. The molecule has 1 saturated heterocycles. The number of allylic oxidation sites excluding steroid dienone is 2. The van der Waals surface area contributed by atoms with Crippen LogP contribution in [0.3, 0.4) is 0 Å². The van der Waals surface area contributed by atoms with Crippen LogP contribution in [0.4, 0.5) is 8.78 Å². The number of alkyl halides is 3. The number of hydrogen-bond acceptors (Lipinski definition) is 1. The van der Waals surface area contributed by atoms with E-state index in [9.17, 15) is 13.6 Å². The predicted octanol–water partition coefficient (Wildman–Crippen LogP) is 4.12. The van der Waals surface area contributed by atoms with Crippen LogP contribution in [0.15, 0.2) is 23.8 Å². The third-order valence-electron chi connectivity index (χ3n) is 3.60. The summed E-state index contributed by atoms with van der Waals surface area (Å²) in [5.41, 5.74) is -2.03. The number of nitrogens with zero attached hydrogens (tertiary/aromatic N) is 1. The van der Waals surface area contributed by atoms with Crippen molar-refractivity contribution in [1.82, 2.24) is 4.90 Å². The molecule has 2 nitrogen and oxygen atoms in total. The first kappa shape index (κ1) is 16.1. The zero-order chi connectivity index (χ0) is 15.5. The number of likely N-dealkylation sites (tertiary alicyclic amines) is 1. The molecule has 0 aromatic rings. The Morgan fingerprint density at radius 2 is 1.70 bits per heavy atom. The Morgan fingerprint density at radius 1 is 1.25 bits per heavy atom. The van der Waals surface area contributed by atoms with Crippen LogP contribution >= 0.6 is 34.8 Å². The molecule has 2 aliphatic rings. The van der Waals surface area contributed by atoms with Crippen LogP contribution in [0.25, 0.3) is 0 Å². The van der Waals surface area contributed by atoms with E-state index in [1.54, 1.807) is 20.8 Å². The number of carbonyl (C=O) groups excluding carboxylic acids is 1. The normalized spacial score (nSPS) is 33.5. The lowest BCUT2D eigenvalue weighted by Crippen LogP contribution is -2.44. The standard InChI is InChI=1S/C13H14Cl3F2NO/c1-11(2,3)19-6-12(13(15,16)10(19)20)4-7(17)9(14)8(18)5-12/h4-5,9H,6H2,1-3H3. The number of halogens is 5. The van der Waals surface area contributed by atoms with Gasteiger partial charge in [-0.15, -0.1) is 11.6 Å². The molecule has 1 amide bonds. The van der Waals surface area contributed by atoms with Crippen molar-refractivity contribution in [1.29, 1.82) is 0 Å². The molecular weight excluding hydrogens is 331 g/mol. The van der Waals surface area contributed by atoms with E-state index in [0.717, 1.165) is 12.2 Å². The molecule has 0 unspecified atom stereocenters. The second kappa shape index (κ2) is 4.59. The van der Waals surface area contributed by atoms with Crippen LogP contribution in [0.2, 0.25) is 0 Å². The van der Waals surface area contributed by atoms with Gasteiger partial charge in [0.05, 0.1) is 5.41 Å². The van der Waals surface area contributed by atoms with Crippen molar-refractivity contribution >= 4 is 40.7 Å². The van der Waals surface area contributed by atoms with Crippen molar-refractivity contribution in [3.63, 3.8) is 0 Å². The molecule has 1 heterocycles. The molecule has 0 aromatic carbocycles. The molecule has 1 aliphatic heterocycles. The van der Waals surface area contributed by atoms with E-state index in [-0.39, 0.29) is 6.54 Å². The predicted molar refractivity (Wildman–Crippen MR) is 76.4 cm³/mol. The van der Waals surface area contributed by atoms with Crippen LogP contribution < -0.4 is 0 Å². The lowest BCUT2D eigenvalue weighted by atomic mass is 9.81. The maximum atomic E-state index is 13.8. The summed E-state index contributed by atoms with van der Waals surface area (Å²) in [6.07, 6.45) is 2.11. The first-order chi connectivity index (χ1) is 8.92. The minimum atomic E-state index is -1.97. The number of amides is 1. The van der Waals surface area contributed by atoms with E-state index >= 15 is 0 Å². The second-order valence-electron chi connectivity index (χ2n) is 6.10. The zero-order valence-electron chi connectivity index (χ0n) is 11.2. The molecule has 0 atom stereocenters. The third-order valence-corrected chi connectivity index (χ3v) is 5.05. The molecule has 2 rings (SSSR count). The van der Waals surface area contributed by atoms with Gasteiger partial charge >= 0.3 is 0 Å². The first-order valence-electron chi connectivity index (χ1n) is 6.03. The highest BCUT2D eigenvalue weighted by atomic mass is 35.5. The van der Waals surface area contributed by atoms with Gasteiger partial charge < -0.3 is 4.90 Å². The maximum Gasteiger partial charge on any atom is 0.260 e. The number of carbonyl (C=O) groups is 1. The molecule has 112 valence electrons. The van der Waals surface area contributed by atoms with Gasteiger partial charge in [-0.1, -0.05) is 23.2 Å². The Bertz CT molecular complexity index is 502. The summed E-state index contributed by atoms with van der Waals surface area (Å²) in [5.74, 6) is -2.35. The number of rotatable bonds is 0. The van der Waals surface area contributed by atoms with Gasteiger partial charge in [0.15, 0.2) is 0 Å². The minimum absolute atomic E-state index is 0.00716. The van der Waals surface area contributed by atoms with Gasteiger partial charge in [-0.2, -0.15) is 0 Å². The van der Waals surface area contributed by atoms with Crippen molar-refractivity contribution in [2.45, 2.75) is 36.0 Å². The van der Waals surface area contributed by atoms with Crippen molar-refractivity contribution < 1.29 is 13.6 Å². The topological polar surface area (TPSA) is 20.3 Å². The molecule has 1 spiro atoms. The van der Waals surface area contributed by atoms with Crippen LogP contribution in [-0.4, -0.2) is 32.6 Å². The Labute approximate surface area is 131 Å².